The van der Waals surface area contributed by atoms with Crippen LogP contribution >= 0.6 is 0 Å². The fourth-order valence-corrected chi connectivity index (χ4v) is 1.17. The Balaban J connectivity index is 2.46. The van der Waals surface area contributed by atoms with Gasteiger partial charge < -0.3 is 5.43 Å². The highest BCUT2D eigenvalue weighted by Gasteiger charge is 1.96. The van der Waals surface area contributed by atoms with E-state index in [0.717, 1.165) is 12.1 Å². The van der Waals surface area contributed by atoms with Gasteiger partial charge in [-0.2, -0.15) is 0 Å². The number of nitrogens with zero attached hydrogens (tertiary/aromatic N) is 2. The van der Waals surface area contributed by atoms with E-state index < -0.39 is 0 Å². The molecule has 1 heterocycles. The number of hydrazine groups is 1. The van der Waals surface area contributed by atoms with Gasteiger partial charge >= 0.3 is 0 Å². The molecule has 4 nitrogen and oxygen atoms in total. The van der Waals surface area contributed by atoms with E-state index in [9.17, 15) is 0 Å². The zero-order valence-electron chi connectivity index (χ0n) is 7.95. The van der Waals surface area contributed by atoms with Gasteiger partial charge in [0.2, 0.25) is 0 Å². The predicted octanol–water partition coefficient (Wildman–Crippen LogP) is 1.49. The number of unbranched alkanes of at least 4 members (excludes halogenated alkanes) is 2. The van der Waals surface area contributed by atoms with Gasteiger partial charge in [0.1, 0.15) is 12.1 Å². The third-order valence-corrected chi connectivity index (χ3v) is 1.91. The molecular formula is C9H16N4. The Labute approximate surface area is 78.6 Å². The molecule has 0 amide bonds. The minimum absolute atomic E-state index is 0.682. The van der Waals surface area contributed by atoms with Crippen molar-refractivity contribution in [2.24, 2.45) is 5.84 Å². The molecular weight excluding hydrogens is 164 g/mol. The van der Waals surface area contributed by atoms with Crippen molar-refractivity contribution in [2.45, 2.75) is 32.6 Å². The number of hydrogen-bond donors (Lipinski definition) is 2. The Morgan fingerprint density at radius 2 is 2.23 bits per heavy atom. The quantitative estimate of drug-likeness (QED) is 0.409. The normalized spacial score (nSPS) is 10.0. The first kappa shape index (κ1) is 9.92. The van der Waals surface area contributed by atoms with E-state index in [1.165, 1.54) is 25.6 Å². The van der Waals surface area contributed by atoms with Crippen molar-refractivity contribution in [3.05, 3.63) is 18.1 Å². The highest BCUT2D eigenvalue weighted by atomic mass is 15.2. The van der Waals surface area contributed by atoms with Gasteiger partial charge in [0.05, 0.1) is 0 Å². The summed E-state index contributed by atoms with van der Waals surface area (Å²) < 4.78 is 0. The molecule has 0 aliphatic rings. The van der Waals surface area contributed by atoms with Crippen molar-refractivity contribution in [3.8, 4) is 0 Å². The van der Waals surface area contributed by atoms with Crippen LogP contribution < -0.4 is 11.3 Å². The van der Waals surface area contributed by atoms with Crippen LogP contribution in [0.15, 0.2) is 12.4 Å². The molecule has 4 heteroatoms. The molecule has 0 atom stereocenters. The first-order valence-corrected chi connectivity index (χ1v) is 4.64. The molecule has 1 rings (SSSR count). The number of aromatic nitrogens is 2. The molecule has 0 aromatic carbocycles. The first-order valence-electron chi connectivity index (χ1n) is 4.64. The van der Waals surface area contributed by atoms with Gasteiger partial charge in [-0.25, -0.2) is 15.8 Å². The summed E-state index contributed by atoms with van der Waals surface area (Å²) in [5.74, 6) is 5.92. The molecule has 1 aromatic heterocycles. The fourth-order valence-electron chi connectivity index (χ4n) is 1.17. The number of nitrogens with two attached hydrogens (primary N) is 1. The summed E-state index contributed by atoms with van der Waals surface area (Å²) in [6, 6.07) is 1.88. The molecule has 1 aromatic rings. The van der Waals surface area contributed by atoms with E-state index in [4.69, 9.17) is 5.84 Å². The zero-order valence-corrected chi connectivity index (χ0v) is 7.95. The van der Waals surface area contributed by atoms with E-state index >= 15 is 0 Å². The second kappa shape index (κ2) is 5.48. The van der Waals surface area contributed by atoms with E-state index in [2.05, 4.69) is 22.3 Å². The largest absolute Gasteiger partial charge is 0.308 e. The maximum atomic E-state index is 5.23. The molecule has 0 saturated heterocycles. The first-order chi connectivity index (χ1) is 6.36. The van der Waals surface area contributed by atoms with E-state index in [0.29, 0.717) is 5.82 Å². The molecule has 13 heavy (non-hydrogen) atoms. The number of aryl methyl sites for hydroxylation is 1. The predicted molar refractivity (Wildman–Crippen MR) is 53.1 cm³/mol. The van der Waals surface area contributed by atoms with Crippen molar-refractivity contribution in [3.63, 3.8) is 0 Å². The van der Waals surface area contributed by atoms with Crippen LogP contribution in [0.25, 0.3) is 0 Å². The minimum atomic E-state index is 0.682. The summed E-state index contributed by atoms with van der Waals surface area (Å²) in [7, 11) is 0. The Bertz CT molecular complexity index is 249. The standard InChI is InChI=1S/C9H16N4/c1-2-3-4-5-8-6-9(13-10)12-7-11-8/h6-7H,2-5,10H2,1H3,(H,11,12,13). The highest BCUT2D eigenvalue weighted by molar-refractivity contribution is 5.32. The molecule has 0 spiro atoms. The lowest BCUT2D eigenvalue weighted by Crippen LogP contribution is -2.09. The molecule has 0 aliphatic heterocycles. The Morgan fingerprint density at radius 3 is 2.92 bits per heavy atom. The minimum Gasteiger partial charge on any atom is -0.308 e. The van der Waals surface area contributed by atoms with Crippen molar-refractivity contribution in [2.75, 3.05) is 5.43 Å². The van der Waals surface area contributed by atoms with Crippen molar-refractivity contribution in [1.29, 1.82) is 0 Å². The van der Waals surface area contributed by atoms with Crippen molar-refractivity contribution in [1.82, 2.24) is 9.97 Å². The van der Waals surface area contributed by atoms with Gasteiger partial charge in [0, 0.05) is 11.8 Å². The average Bonchev–Trinajstić information content (AvgIpc) is 2.19. The van der Waals surface area contributed by atoms with Crippen LogP contribution in [0, 0.1) is 0 Å². The molecule has 0 radical (unpaired) electrons. The van der Waals surface area contributed by atoms with Crippen LogP contribution in [0.4, 0.5) is 5.82 Å². The van der Waals surface area contributed by atoms with E-state index in [1.54, 1.807) is 0 Å². The molecule has 72 valence electrons. The lowest BCUT2D eigenvalue weighted by atomic mass is 10.1. The van der Waals surface area contributed by atoms with E-state index in [1.807, 2.05) is 6.07 Å². The van der Waals surface area contributed by atoms with Crippen LogP contribution in [0.1, 0.15) is 31.9 Å². The molecule has 3 N–H and O–H groups in total. The lowest BCUT2D eigenvalue weighted by Gasteiger charge is -2.01. The van der Waals surface area contributed by atoms with Crippen LogP contribution in [0.3, 0.4) is 0 Å². The van der Waals surface area contributed by atoms with Gasteiger partial charge in [0.15, 0.2) is 0 Å². The average molecular weight is 180 g/mol. The van der Waals surface area contributed by atoms with Crippen molar-refractivity contribution < 1.29 is 0 Å². The summed E-state index contributed by atoms with van der Waals surface area (Å²) >= 11 is 0. The van der Waals surface area contributed by atoms with Gasteiger partial charge in [0.25, 0.3) is 0 Å². The number of hydrogen-bond acceptors (Lipinski definition) is 4. The van der Waals surface area contributed by atoms with Crippen LogP contribution in [0.2, 0.25) is 0 Å². The summed E-state index contributed by atoms with van der Waals surface area (Å²) in [5, 5.41) is 0. The second-order valence-corrected chi connectivity index (χ2v) is 3.00. The summed E-state index contributed by atoms with van der Waals surface area (Å²) in [6.45, 7) is 2.19. The molecule has 0 bridgehead atoms. The van der Waals surface area contributed by atoms with Gasteiger partial charge in [-0.05, 0) is 12.8 Å². The smallest absolute Gasteiger partial charge is 0.143 e. The van der Waals surface area contributed by atoms with Crippen LogP contribution in [0.5, 0.6) is 0 Å². The third kappa shape index (κ3) is 3.38. The molecule has 0 unspecified atom stereocenters. The van der Waals surface area contributed by atoms with Crippen LogP contribution in [-0.4, -0.2) is 9.97 Å². The van der Waals surface area contributed by atoms with Gasteiger partial charge in [-0.1, -0.05) is 19.8 Å². The molecule has 0 fully saturated rings. The fraction of sp³-hybridized carbons (Fsp3) is 0.556. The maximum absolute atomic E-state index is 5.23. The number of anilines is 1. The lowest BCUT2D eigenvalue weighted by molar-refractivity contribution is 0.706. The van der Waals surface area contributed by atoms with Gasteiger partial charge in [-0.15, -0.1) is 0 Å². The SMILES string of the molecule is CCCCCc1cc(NN)ncn1. The zero-order chi connectivity index (χ0) is 9.52. The Hall–Kier alpha value is -1.16. The molecule has 0 saturated carbocycles. The third-order valence-electron chi connectivity index (χ3n) is 1.91. The van der Waals surface area contributed by atoms with Crippen LogP contribution in [-0.2, 0) is 6.42 Å². The number of nitrogen functional groups attached to an aromatic ring is 1. The maximum Gasteiger partial charge on any atom is 0.143 e. The number of nitrogens with one attached hydrogen (secondary N) is 1. The second-order valence-electron chi connectivity index (χ2n) is 3.00. The Morgan fingerprint density at radius 1 is 1.38 bits per heavy atom. The highest BCUT2D eigenvalue weighted by Crippen LogP contribution is 2.06. The molecule has 0 aliphatic carbocycles. The summed E-state index contributed by atoms with van der Waals surface area (Å²) in [4.78, 5) is 8.09. The monoisotopic (exact) mass is 180 g/mol. The Kier molecular flexibility index (Phi) is 4.18. The summed E-state index contributed by atoms with van der Waals surface area (Å²) in [5.41, 5.74) is 3.56. The topological polar surface area (TPSA) is 63.8 Å². The summed E-state index contributed by atoms with van der Waals surface area (Å²) in [6.07, 6.45) is 6.20. The number of rotatable bonds is 5. The van der Waals surface area contributed by atoms with Gasteiger partial charge in [-0.3, -0.25) is 0 Å². The van der Waals surface area contributed by atoms with Crippen molar-refractivity contribution >= 4 is 5.82 Å². The van der Waals surface area contributed by atoms with E-state index in [-0.39, 0.29) is 0 Å².